The summed E-state index contributed by atoms with van der Waals surface area (Å²) in [7, 11) is 0. The largest absolute Gasteiger partial charge is 0.343 e. The molecule has 4 heteroatoms. The Kier molecular flexibility index (Phi) is 4.56. The molecule has 1 fully saturated rings. The molecule has 0 aromatic rings. The molecule has 0 saturated carbocycles. The first kappa shape index (κ1) is 13.6. The second-order valence-electron chi connectivity index (χ2n) is 4.76. The predicted octanol–water partition coefficient (Wildman–Crippen LogP) is 0.771. The number of amides is 2. The SMILES string of the molecule is C#CCCCN1C(=O)C(C)NC(=O)C1C(C)C. The first-order chi connectivity index (χ1) is 7.99. The quantitative estimate of drug-likeness (QED) is 0.579. The van der Waals surface area contributed by atoms with Crippen molar-refractivity contribution in [3.8, 4) is 12.3 Å². The zero-order chi connectivity index (χ0) is 13.0. The van der Waals surface area contributed by atoms with Gasteiger partial charge in [0.1, 0.15) is 12.1 Å². The van der Waals surface area contributed by atoms with Crippen LogP contribution in [0.15, 0.2) is 0 Å². The molecule has 0 spiro atoms. The molecule has 0 aromatic heterocycles. The number of piperazine rings is 1. The second kappa shape index (κ2) is 5.72. The number of hydrogen-bond acceptors (Lipinski definition) is 2. The lowest BCUT2D eigenvalue weighted by molar-refractivity contribution is -0.150. The minimum Gasteiger partial charge on any atom is -0.343 e. The minimum atomic E-state index is -0.427. The van der Waals surface area contributed by atoms with Crippen molar-refractivity contribution in [2.75, 3.05) is 6.54 Å². The summed E-state index contributed by atoms with van der Waals surface area (Å²) in [5, 5.41) is 2.71. The molecule has 0 aliphatic carbocycles. The maximum atomic E-state index is 12.0. The molecule has 1 saturated heterocycles. The Bertz CT molecular complexity index is 344. The Balaban J connectivity index is 2.80. The van der Waals surface area contributed by atoms with E-state index in [1.54, 1.807) is 11.8 Å². The number of unbranched alkanes of at least 4 members (excludes halogenated alkanes) is 1. The van der Waals surface area contributed by atoms with Gasteiger partial charge in [-0.25, -0.2) is 0 Å². The van der Waals surface area contributed by atoms with E-state index in [9.17, 15) is 9.59 Å². The van der Waals surface area contributed by atoms with Crippen LogP contribution in [0.25, 0.3) is 0 Å². The van der Waals surface area contributed by atoms with E-state index >= 15 is 0 Å². The summed E-state index contributed by atoms with van der Waals surface area (Å²) in [5.74, 6) is 2.58. The fourth-order valence-electron chi connectivity index (χ4n) is 2.15. The molecular formula is C13H20N2O2. The van der Waals surface area contributed by atoms with Gasteiger partial charge in [-0.3, -0.25) is 9.59 Å². The van der Waals surface area contributed by atoms with Gasteiger partial charge in [-0.2, -0.15) is 0 Å². The van der Waals surface area contributed by atoms with E-state index in [0.29, 0.717) is 13.0 Å². The third kappa shape index (κ3) is 3.00. The summed E-state index contributed by atoms with van der Waals surface area (Å²) in [5.41, 5.74) is 0. The molecular weight excluding hydrogens is 216 g/mol. The van der Waals surface area contributed by atoms with E-state index in [4.69, 9.17) is 6.42 Å². The summed E-state index contributed by atoms with van der Waals surface area (Å²) in [6.45, 7) is 6.16. The molecule has 1 aliphatic heterocycles. The van der Waals surface area contributed by atoms with Gasteiger partial charge >= 0.3 is 0 Å². The molecule has 1 aliphatic rings. The van der Waals surface area contributed by atoms with Crippen LogP contribution < -0.4 is 5.32 Å². The number of carbonyl (C=O) groups excluding carboxylic acids is 2. The Hall–Kier alpha value is -1.50. The molecule has 4 nitrogen and oxygen atoms in total. The van der Waals surface area contributed by atoms with E-state index in [1.807, 2.05) is 13.8 Å². The van der Waals surface area contributed by atoms with Crippen molar-refractivity contribution in [3.05, 3.63) is 0 Å². The molecule has 1 rings (SSSR count). The fourth-order valence-corrected chi connectivity index (χ4v) is 2.15. The third-order valence-corrected chi connectivity index (χ3v) is 2.97. The Morgan fingerprint density at radius 2 is 2.12 bits per heavy atom. The van der Waals surface area contributed by atoms with Gasteiger partial charge in [0.05, 0.1) is 0 Å². The lowest BCUT2D eigenvalue weighted by Gasteiger charge is -2.39. The van der Waals surface area contributed by atoms with Crippen LogP contribution in [-0.2, 0) is 9.59 Å². The van der Waals surface area contributed by atoms with Gasteiger partial charge in [0.15, 0.2) is 0 Å². The Morgan fingerprint density at radius 3 is 2.65 bits per heavy atom. The van der Waals surface area contributed by atoms with Gasteiger partial charge < -0.3 is 10.2 Å². The van der Waals surface area contributed by atoms with Crippen molar-refractivity contribution in [3.63, 3.8) is 0 Å². The first-order valence-corrected chi connectivity index (χ1v) is 6.03. The van der Waals surface area contributed by atoms with Crippen molar-refractivity contribution in [1.29, 1.82) is 0 Å². The smallest absolute Gasteiger partial charge is 0.245 e. The fraction of sp³-hybridized carbons (Fsp3) is 0.692. The molecule has 1 heterocycles. The van der Waals surface area contributed by atoms with Crippen molar-refractivity contribution in [2.45, 2.75) is 45.7 Å². The standard InChI is InChI=1S/C13H20N2O2/c1-5-6-7-8-15-11(9(2)3)12(16)14-10(4)13(15)17/h1,9-11H,6-8H2,2-4H3,(H,14,16). The lowest BCUT2D eigenvalue weighted by Crippen LogP contribution is -2.64. The number of rotatable bonds is 4. The molecule has 17 heavy (non-hydrogen) atoms. The minimum absolute atomic E-state index is 0.0136. The average Bonchev–Trinajstić information content (AvgIpc) is 2.24. The molecule has 2 unspecified atom stereocenters. The summed E-state index contributed by atoms with van der Waals surface area (Å²) in [6.07, 6.45) is 6.57. The highest BCUT2D eigenvalue weighted by Crippen LogP contribution is 2.17. The van der Waals surface area contributed by atoms with E-state index < -0.39 is 6.04 Å². The molecule has 94 valence electrons. The number of carbonyl (C=O) groups is 2. The van der Waals surface area contributed by atoms with E-state index in [1.165, 1.54) is 0 Å². The van der Waals surface area contributed by atoms with Crippen molar-refractivity contribution in [2.24, 2.45) is 5.92 Å². The predicted molar refractivity (Wildman–Crippen MR) is 66.0 cm³/mol. The van der Waals surface area contributed by atoms with Crippen LogP contribution in [0.5, 0.6) is 0 Å². The van der Waals surface area contributed by atoms with Crippen molar-refractivity contribution >= 4 is 11.8 Å². The summed E-state index contributed by atoms with van der Waals surface area (Å²) in [6, 6.07) is -0.792. The summed E-state index contributed by atoms with van der Waals surface area (Å²) >= 11 is 0. The van der Waals surface area contributed by atoms with Crippen LogP contribution >= 0.6 is 0 Å². The number of nitrogens with zero attached hydrogens (tertiary/aromatic N) is 1. The van der Waals surface area contributed by atoms with Crippen LogP contribution in [0.3, 0.4) is 0 Å². The molecule has 2 atom stereocenters. The number of terminal acetylenes is 1. The molecule has 0 aromatic carbocycles. The molecule has 0 bridgehead atoms. The molecule has 1 N–H and O–H groups in total. The first-order valence-electron chi connectivity index (χ1n) is 6.03. The second-order valence-corrected chi connectivity index (χ2v) is 4.76. The highest BCUT2D eigenvalue weighted by Gasteiger charge is 2.39. The monoisotopic (exact) mass is 236 g/mol. The zero-order valence-corrected chi connectivity index (χ0v) is 10.7. The van der Waals surface area contributed by atoms with E-state index in [0.717, 1.165) is 6.42 Å². The maximum Gasteiger partial charge on any atom is 0.245 e. The van der Waals surface area contributed by atoms with Crippen LogP contribution in [0.4, 0.5) is 0 Å². The van der Waals surface area contributed by atoms with Gasteiger partial charge in [-0.05, 0) is 19.3 Å². The average molecular weight is 236 g/mol. The highest BCUT2D eigenvalue weighted by molar-refractivity contribution is 5.96. The Morgan fingerprint density at radius 1 is 1.47 bits per heavy atom. The van der Waals surface area contributed by atoms with Gasteiger partial charge in [-0.1, -0.05) is 13.8 Å². The highest BCUT2D eigenvalue weighted by atomic mass is 16.2. The van der Waals surface area contributed by atoms with Crippen LogP contribution in [0, 0.1) is 18.3 Å². The third-order valence-electron chi connectivity index (χ3n) is 2.97. The van der Waals surface area contributed by atoms with Gasteiger partial charge in [-0.15, -0.1) is 12.3 Å². The normalized spacial score (nSPS) is 24.8. The van der Waals surface area contributed by atoms with Crippen molar-refractivity contribution < 1.29 is 9.59 Å². The number of hydrogen-bond donors (Lipinski definition) is 1. The van der Waals surface area contributed by atoms with Crippen molar-refractivity contribution in [1.82, 2.24) is 10.2 Å². The van der Waals surface area contributed by atoms with Crippen LogP contribution in [-0.4, -0.2) is 35.3 Å². The van der Waals surface area contributed by atoms with Gasteiger partial charge in [0.2, 0.25) is 11.8 Å². The molecule has 2 amide bonds. The Labute approximate surface area is 103 Å². The van der Waals surface area contributed by atoms with Crippen LogP contribution in [0.1, 0.15) is 33.6 Å². The van der Waals surface area contributed by atoms with Crippen LogP contribution in [0.2, 0.25) is 0 Å². The number of nitrogens with one attached hydrogen (secondary N) is 1. The maximum absolute atomic E-state index is 12.0. The molecule has 0 radical (unpaired) electrons. The topological polar surface area (TPSA) is 49.4 Å². The lowest BCUT2D eigenvalue weighted by atomic mass is 9.97. The van der Waals surface area contributed by atoms with Gasteiger partial charge in [0, 0.05) is 13.0 Å². The zero-order valence-electron chi connectivity index (χ0n) is 10.7. The summed E-state index contributed by atoms with van der Waals surface area (Å²) < 4.78 is 0. The summed E-state index contributed by atoms with van der Waals surface area (Å²) in [4.78, 5) is 25.6. The van der Waals surface area contributed by atoms with E-state index in [2.05, 4.69) is 11.2 Å². The van der Waals surface area contributed by atoms with Gasteiger partial charge in [0.25, 0.3) is 0 Å². The van der Waals surface area contributed by atoms with E-state index in [-0.39, 0.29) is 23.8 Å².